The van der Waals surface area contributed by atoms with Crippen LogP contribution in [0, 0.1) is 0 Å². The number of rotatable bonds is 4. The molecule has 0 saturated heterocycles. The molecule has 0 bridgehead atoms. The summed E-state index contributed by atoms with van der Waals surface area (Å²) in [7, 11) is 1.81. The van der Waals surface area contributed by atoms with Crippen molar-refractivity contribution in [2.24, 2.45) is 0 Å². The van der Waals surface area contributed by atoms with Crippen LogP contribution in [-0.2, 0) is 17.6 Å². The van der Waals surface area contributed by atoms with Crippen molar-refractivity contribution in [3.63, 3.8) is 0 Å². The minimum absolute atomic E-state index is 0.0860. The van der Waals surface area contributed by atoms with E-state index < -0.39 is 0 Å². The molecule has 0 fully saturated rings. The van der Waals surface area contributed by atoms with Gasteiger partial charge in [0.15, 0.2) is 0 Å². The highest BCUT2D eigenvalue weighted by Gasteiger charge is 2.21. The quantitative estimate of drug-likeness (QED) is 0.871. The minimum atomic E-state index is -0.255. The molecule has 1 aliphatic carbocycles. The summed E-state index contributed by atoms with van der Waals surface area (Å²) in [4.78, 5) is 22.2. The molecule has 5 heteroatoms. The van der Waals surface area contributed by atoms with Gasteiger partial charge in [0.25, 0.3) is 0 Å². The zero-order chi connectivity index (χ0) is 13.1. The van der Waals surface area contributed by atoms with Gasteiger partial charge in [-0.15, -0.1) is 0 Å². The number of amides is 1. The van der Waals surface area contributed by atoms with E-state index in [4.69, 9.17) is 0 Å². The first-order chi connectivity index (χ1) is 8.63. The number of hydrogen-bond donors (Lipinski definition) is 1. The molecule has 0 aromatic carbocycles. The first kappa shape index (κ1) is 12.8. The lowest BCUT2D eigenvalue weighted by Gasteiger charge is -2.21. The van der Waals surface area contributed by atoms with Crippen molar-refractivity contribution in [2.45, 2.75) is 39.2 Å². The van der Waals surface area contributed by atoms with E-state index in [2.05, 4.69) is 15.3 Å². The molecule has 0 spiro atoms. The zero-order valence-electron chi connectivity index (χ0n) is 11.2. The third-order valence-electron chi connectivity index (χ3n) is 3.45. The van der Waals surface area contributed by atoms with E-state index in [1.807, 2.05) is 20.9 Å². The highest BCUT2D eigenvalue weighted by Crippen LogP contribution is 2.25. The van der Waals surface area contributed by atoms with E-state index in [-0.39, 0.29) is 11.9 Å². The standard InChI is InChI=1S/C13H20N4O/c1-4-17(3)13(18)9(2)16-12-10-6-5-7-11(10)14-8-15-12/h8-9H,4-7H2,1-3H3,(H,14,15,16). The molecule has 1 aromatic rings. The maximum Gasteiger partial charge on any atom is 0.244 e. The Kier molecular flexibility index (Phi) is 3.79. The van der Waals surface area contributed by atoms with Gasteiger partial charge in [0.1, 0.15) is 18.2 Å². The Morgan fingerprint density at radius 1 is 1.50 bits per heavy atom. The third kappa shape index (κ3) is 2.44. The first-order valence-electron chi connectivity index (χ1n) is 6.47. The number of nitrogens with one attached hydrogen (secondary N) is 1. The van der Waals surface area contributed by atoms with Gasteiger partial charge in [0.05, 0.1) is 0 Å². The summed E-state index contributed by atoms with van der Waals surface area (Å²) in [6.45, 7) is 4.55. The van der Waals surface area contributed by atoms with Crippen LogP contribution in [-0.4, -0.2) is 40.4 Å². The monoisotopic (exact) mass is 248 g/mol. The van der Waals surface area contributed by atoms with Crippen LogP contribution in [0.5, 0.6) is 0 Å². The molecule has 1 aromatic heterocycles. The summed E-state index contributed by atoms with van der Waals surface area (Å²) in [5.41, 5.74) is 2.30. The molecule has 1 atom stereocenters. The molecule has 18 heavy (non-hydrogen) atoms. The molecular formula is C13H20N4O. The number of carbonyl (C=O) groups excluding carboxylic acids is 1. The van der Waals surface area contributed by atoms with E-state index in [1.54, 1.807) is 11.2 Å². The Labute approximate surface area is 108 Å². The van der Waals surface area contributed by atoms with Gasteiger partial charge in [-0.3, -0.25) is 4.79 Å². The number of nitrogens with zero attached hydrogens (tertiary/aromatic N) is 3. The fourth-order valence-corrected chi connectivity index (χ4v) is 2.24. The van der Waals surface area contributed by atoms with Crippen LogP contribution in [0.2, 0.25) is 0 Å². The number of anilines is 1. The second-order valence-electron chi connectivity index (χ2n) is 4.72. The van der Waals surface area contributed by atoms with Gasteiger partial charge in [-0.2, -0.15) is 0 Å². The molecule has 1 amide bonds. The lowest BCUT2D eigenvalue weighted by atomic mass is 10.2. The second kappa shape index (κ2) is 5.33. The SMILES string of the molecule is CCN(C)C(=O)C(C)Nc1ncnc2c1CCC2. The van der Waals surface area contributed by atoms with Crippen molar-refractivity contribution >= 4 is 11.7 Å². The van der Waals surface area contributed by atoms with Crippen molar-refractivity contribution in [1.29, 1.82) is 0 Å². The predicted molar refractivity (Wildman–Crippen MR) is 70.5 cm³/mol. The second-order valence-corrected chi connectivity index (χ2v) is 4.72. The summed E-state index contributed by atoms with van der Waals surface area (Å²) >= 11 is 0. The van der Waals surface area contributed by atoms with Gasteiger partial charge in [-0.25, -0.2) is 9.97 Å². The van der Waals surface area contributed by atoms with Crippen molar-refractivity contribution < 1.29 is 4.79 Å². The van der Waals surface area contributed by atoms with Crippen LogP contribution in [0.1, 0.15) is 31.5 Å². The molecule has 0 radical (unpaired) electrons. The van der Waals surface area contributed by atoms with Gasteiger partial charge in [0, 0.05) is 24.8 Å². The lowest BCUT2D eigenvalue weighted by molar-refractivity contribution is -0.130. The Morgan fingerprint density at radius 2 is 2.28 bits per heavy atom. The molecular weight excluding hydrogens is 228 g/mol. The summed E-state index contributed by atoms with van der Waals surface area (Å²) in [6.07, 6.45) is 4.72. The maximum atomic E-state index is 12.0. The van der Waals surface area contributed by atoms with Crippen molar-refractivity contribution in [1.82, 2.24) is 14.9 Å². The predicted octanol–water partition coefficient (Wildman–Crippen LogP) is 1.24. The van der Waals surface area contributed by atoms with E-state index in [1.165, 1.54) is 5.56 Å². The van der Waals surface area contributed by atoms with Crippen LogP contribution >= 0.6 is 0 Å². The number of aryl methyl sites for hydroxylation is 1. The number of fused-ring (bicyclic) bond motifs is 1. The van der Waals surface area contributed by atoms with Gasteiger partial charge in [-0.1, -0.05) is 0 Å². The van der Waals surface area contributed by atoms with Gasteiger partial charge < -0.3 is 10.2 Å². The molecule has 1 heterocycles. The largest absolute Gasteiger partial charge is 0.358 e. The number of carbonyl (C=O) groups is 1. The van der Waals surface area contributed by atoms with E-state index in [0.29, 0.717) is 6.54 Å². The number of likely N-dealkylation sites (N-methyl/N-ethyl adjacent to an activating group) is 1. The van der Waals surface area contributed by atoms with Gasteiger partial charge in [0.2, 0.25) is 5.91 Å². The average Bonchev–Trinajstić information content (AvgIpc) is 2.86. The van der Waals surface area contributed by atoms with Crippen molar-refractivity contribution in [3.8, 4) is 0 Å². The molecule has 0 saturated carbocycles. The maximum absolute atomic E-state index is 12.0. The van der Waals surface area contributed by atoms with Crippen LogP contribution < -0.4 is 5.32 Å². The summed E-state index contributed by atoms with van der Waals surface area (Å²) in [5.74, 6) is 0.908. The lowest BCUT2D eigenvalue weighted by Crippen LogP contribution is -2.39. The van der Waals surface area contributed by atoms with Crippen molar-refractivity contribution in [2.75, 3.05) is 18.9 Å². The summed E-state index contributed by atoms with van der Waals surface area (Å²) in [5, 5.41) is 3.21. The Balaban J connectivity index is 2.10. The Bertz CT molecular complexity index is 447. The Morgan fingerprint density at radius 3 is 3.00 bits per heavy atom. The normalized spacial score (nSPS) is 15.1. The summed E-state index contributed by atoms with van der Waals surface area (Å²) < 4.78 is 0. The Hall–Kier alpha value is -1.65. The number of aromatic nitrogens is 2. The van der Waals surface area contributed by atoms with E-state index in [0.717, 1.165) is 30.8 Å². The van der Waals surface area contributed by atoms with Crippen LogP contribution in [0.15, 0.2) is 6.33 Å². The average molecular weight is 248 g/mol. The van der Waals surface area contributed by atoms with Crippen LogP contribution in [0.4, 0.5) is 5.82 Å². The fourth-order valence-electron chi connectivity index (χ4n) is 2.24. The zero-order valence-corrected chi connectivity index (χ0v) is 11.2. The smallest absolute Gasteiger partial charge is 0.244 e. The number of hydrogen-bond acceptors (Lipinski definition) is 4. The molecule has 2 rings (SSSR count). The third-order valence-corrected chi connectivity index (χ3v) is 3.45. The molecule has 1 unspecified atom stereocenters. The highest BCUT2D eigenvalue weighted by atomic mass is 16.2. The minimum Gasteiger partial charge on any atom is -0.358 e. The molecule has 5 nitrogen and oxygen atoms in total. The van der Waals surface area contributed by atoms with Gasteiger partial charge in [-0.05, 0) is 33.1 Å². The van der Waals surface area contributed by atoms with Gasteiger partial charge >= 0.3 is 0 Å². The topological polar surface area (TPSA) is 58.1 Å². The van der Waals surface area contributed by atoms with Crippen LogP contribution in [0.3, 0.4) is 0 Å². The highest BCUT2D eigenvalue weighted by molar-refractivity contribution is 5.84. The molecule has 1 N–H and O–H groups in total. The molecule has 0 aliphatic heterocycles. The molecule has 1 aliphatic rings. The van der Waals surface area contributed by atoms with E-state index >= 15 is 0 Å². The van der Waals surface area contributed by atoms with E-state index in [9.17, 15) is 4.79 Å². The molecule has 98 valence electrons. The summed E-state index contributed by atoms with van der Waals surface area (Å²) in [6, 6.07) is -0.255. The first-order valence-corrected chi connectivity index (χ1v) is 6.47. The fraction of sp³-hybridized carbons (Fsp3) is 0.615. The van der Waals surface area contributed by atoms with Crippen LogP contribution in [0.25, 0.3) is 0 Å². The van der Waals surface area contributed by atoms with Crippen molar-refractivity contribution in [3.05, 3.63) is 17.6 Å².